The minimum Gasteiger partial charge on any atom is -0.314 e. The van der Waals surface area contributed by atoms with Crippen LogP contribution in [0.4, 0.5) is 10.5 Å². The van der Waals surface area contributed by atoms with E-state index < -0.39 is 0 Å². The Morgan fingerprint density at radius 2 is 1.90 bits per heavy atom. The molecule has 2 rings (SSSR count). The molecule has 0 saturated heterocycles. The van der Waals surface area contributed by atoms with Gasteiger partial charge in [-0.25, -0.2) is 4.79 Å². The van der Waals surface area contributed by atoms with Crippen LogP contribution in [-0.2, 0) is 0 Å². The number of rotatable bonds is 3. The van der Waals surface area contributed by atoms with Crippen LogP contribution in [0, 0.1) is 10.5 Å². The lowest BCUT2D eigenvalue weighted by molar-refractivity contribution is 0.255. The molecule has 0 bridgehead atoms. The Labute approximate surface area is 132 Å². The van der Waals surface area contributed by atoms with Gasteiger partial charge in [-0.1, -0.05) is 29.8 Å². The number of urea groups is 1. The number of carbonyl (C=O) groups is 1. The smallest absolute Gasteiger partial charge is 0.314 e. The summed E-state index contributed by atoms with van der Waals surface area (Å²) < 4.78 is 1.13. The highest BCUT2D eigenvalue weighted by Crippen LogP contribution is 2.10. The number of benzene rings is 2. The normalized spacial score (nSPS) is 10.5. The highest BCUT2D eigenvalue weighted by atomic mass is 127. The molecule has 0 unspecified atom stereocenters. The fourth-order valence-corrected chi connectivity index (χ4v) is 2.05. The molecule has 0 aromatic heterocycles. The van der Waals surface area contributed by atoms with Crippen LogP contribution in [0.5, 0.6) is 0 Å². The summed E-state index contributed by atoms with van der Waals surface area (Å²) in [7, 11) is 0. The van der Waals surface area contributed by atoms with Crippen LogP contribution in [0.3, 0.4) is 0 Å². The number of nitrogens with one attached hydrogen (secondary N) is 2. The molecule has 0 radical (unpaired) electrons. The van der Waals surface area contributed by atoms with Crippen molar-refractivity contribution in [3.63, 3.8) is 0 Å². The predicted octanol–water partition coefficient (Wildman–Crippen LogP) is 4.39. The maximum absolute atomic E-state index is 11.7. The van der Waals surface area contributed by atoms with E-state index in [1.165, 1.54) is 5.56 Å². The molecule has 3 nitrogen and oxygen atoms in total. The van der Waals surface area contributed by atoms with Gasteiger partial charge in [-0.05, 0) is 65.4 Å². The van der Waals surface area contributed by atoms with Crippen molar-refractivity contribution in [1.29, 1.82) is 0 Å². The van der Waals surface area contributed by atoms with Gasteiger partial charge in [0.25, 0.3) is 0 Å². The van der Waals surface area contributed by atoms with Gasteiger partial charge < -0.3 is 10.6 Å². The van der Waals surface area contributed by atoms with E-state index in [0.717, 1.165) is 14.8 Å². The number of anilines is 1. The zero-order valence-corrected chi connectivity index (χ0v) is 13.2. The van der Waals surface area contributed by atoms with Gasteiger partial charge in [0.2, 0.25) is 0 Å². The van der Waals surface area contributed by atoms with Crippen molar-refractivity contribution in [1.82, 2.24) is 5.32 Å². The van der Waals surface area contributed by atoms with Gasteiger partial charge in [0.1, 0.15) is 0 Å². The van der Waals surface area contributed by atoms with Crippen LogP contribution in [-0.4, -0.2) is 6.03 Å². The average molecular weight is 378 g/mol. The fraction of sp³-hybridized carbons (Fsp3) is 0.0625. The zero-order valence-electron chi connectivity index (χ0n) is 11.1. The molecule has 102 valence electrons. The first-order valence-electron chi connectivity index (χ1n) is 6.20. The lowest BCUT2D eigenvalue weighted by Gasteiger charge is -2.04. The van der Waals surface area contributed by atoms with E-state index in [1.54, 1.807) is 6.20 Å². The van der Waals surface area contributed by atoms with Gasteiger partial charge in [-0.2, -0.15) is 0 Å². The average Bonchev–Trinajstić information content (AvgIpc) is 2.41. The summed E-state index contributed by atoms with van der Waals surface area (Å²) in [4.78, 5) is 11.7. The molecule has 0 saturated carbocycles. The molecule has 2 amide bonds. The highest BCUT2D eigenvalue weighted by Gasteiger charge is 1.98. The van der Waals surface area contributed by atoms with E-state index in [-0.39, 0.29) is 6.03 Å². The molecule has 0 heterocycles. The molecule has 0 aliphatic rings. The molecule has 2 aromatic rings. The largest absolute Gasteiger partial charge is 0.323 e. The predicted molar refractivity (Wildman–Crippen MR) is 91.5 cm³/mol. The molecule has 2 N–H and O–H groups in total. The van der Waals surface area contributed by atoms with Crippen LogP contribution in [0.15, 0.2) is 54.7 Å². The molecule has 0 aliphatic heterocycles. The van der Waals surface area contributed by atoms with Gasteiger partial charge in [0.15, 0.2) is 0 Å². The lowest BCUT2D eigenvalue weighted by Crippen LogP contribution is -2.23. The summed E-state index contributed by atoms with van der Waals surface area (Å²) in [6.45, 7) is 2.04. The number of hydrogen-bond donors (Lipinski definition) is 2. The summed E-state index contributed by atoms with van der Waals surface area (Å²) in [5.74, 6) is 0. The first kappa shape index (κ1) is 14.6. The van der Waals surface area contributed by atoms with Crippen molar-refractivity contribution >= 4 is 40.4 Å². The fourth-order valence-electron chi connectivity index (χ4n) is 1.69. The monoisotopic (exact) mass is 378 g/mol. The molecule has 0 fully saturated rings. The van der Waals surface area contributed by atoms with E-state index in [1.807, 2.05) is 55.5 Å². The van der Waals surface area contributed by atoms with E-state index in [4.69, 9.17) is 0 Å². The van der Waals surface area contributed by atoms with Crippen LogP contribution in [0.2, 0.25) is 0 Å². The molecule has 2 aromatic carbocycles. The van der Waals surface area contributed by atoms with Gasteiger partial charge in [0, 0.05) is 15.5 Å². The molecule has 0 spiro atoms. The Hall–Kier alpha value is -1.82. The van der Waals surface area contributed by atoms with E-state index in [2.05, 4.69) is 39.3 Å². The lowest BCUT2D eigenvalue weighted by atomic mass is 10.1. The minimum atomic E-state index is -0.255. The van der Waals surface area contributed by atoms with Gasteiger partial charge in [-0.15, -0.1) is 0 Å². The summed E-state index contributed by atoms with van der Waals surface area (Å²) >= 11 is 2.22. The summed E-state index contributed by atoms with van der Waals surface area (Å²) in [6, 6.07) is 15.4. The first-order valence-corrected chi connectivity index (χ1v) is 7.28. The third-order valence-electron chi connectivity index (χ3n) is 2.63. The van der Waals surface area contributed by atoms with Crippen LogP contribution >= 0.6 is 22.6 Å². The van der Waals surface area contributed by atoms with Crippen LogP contribution in [0.25, 0.3) is 6.08 Å². The number of hydrogen-bond acceptors (Lipinski definition) is 1. The Bertz CT molecular complexity index is 621. The van der Waals surface area contributed by atoms with E-state index in [0.29, 0.717) is 0 Å². The van der Waals surface area contributed by atoms with Crippen molar-refractivity contribution in [3.8, 4) is 0 Å². The third kappa shape index (κ3) is 4.70. The third-order valence-corrected chi connectivity index (χ3v) is 3.35. The summed E-state index contributed by atoms with van der Waals surface area (Å²) in [5, 5.41) is 5.44. The molecular formula is C16H15IN2O. The Morgan fingerprint density at radius 1 is 1.15 bits per heavy atom. The molecule has 0 atom stereocenters. The summed E-state index contributed by atoms with van der Waals surface area (Å²) in [6.07, 6.45) is 3.50. The van der Waals surface area contributed by atoms with Crippen molar-refractivity contribution in [3.05, 3.63) is 69.4 Å². The number of amides is 2. The number of carbonyl (C=O) groups excluding carboxylic acids is 1. The number of aryl methyl sites for hydroxylation is 1. The second kappa shape index (κ2) is 7.09. The SMILES string of the molecule is Cc1cccc(/C=C/NC(=O)Nc2ccc(I)cc2)c1. The quantitative estimate of drug-likeness (QED) is 0.765. The van der Waals surface area contributed by atoms with Crippen LogP contribution < -0.4 is 10.6 Å². The zero-order chi connectivity index (χ0) is 14.4. The second-order valence-electron chi connectivity index (χ2n) is 4.35. The van der Waals surface area contributed by atoms with E-state index >= 15 is 0 Å². The van der Waals surface area contributed by atoms with E-state index in [9.17, 15) is 4.79 Å². The highest BCUT2D eigenvalue weighted by molar-refractivity contribution is 14.1. The molecule has 0 aliphatic carbocycles. The maximum atomic E-state index is 11.7. The standard InChI is InChI=1S/C16H15IN2O/c1-12-3-2-4-13(11-12)9-10-18-16(20)19-15-7-5-14(17)6-8-15/h2-11H,1H3,(H2,18,19,20)/b10-9+. The maximum Gasteiger partial charge on any atom is 0.323 e. The Kier molecular flexibility index (Phi) is 5.17. The molecule has 20 heavy (non-hydrogen) atoms. The summed E-state index contributed by atoms with van der Waals surface area (Å²) in [5.41, 5.74) is 3.02. The minimum absolute atomic E-state index is 0.255. The van der Waals surface area contributed by atoms with Crippen molar-refractivity contribution in [2.45, 2.75) is 6.92 Å². The topological polar surface area (TPSA) is 41.1 Å². The molecular weight excluding hydrogens is 363 g/mol. The number of halogens is 1. The molecule has 4 heteroatoms. The van der Waals surface area contributed by atoms with Crippen molar-refractivity contribution in [2.75, 3.05) is 5.32 Å². The Morgan fingerprint density at radius 3 is 2.60 bits per heavy atom. The van der Waals surface area contributed by atoms with Crippen LogP contribution in [0.1, 0.15) is 11.1 Å². The van der Waals surface area contributed by atoms with Crippen molar-refractivity contribution < 1.29 is 4.79 Å². The first-order chi connectivity index (χ1) is 9.63. The van der Waals surface area contributed by atoms with Gasteiger partial charge in [-0.3, -0.25) is 0 Å². The second-order valence-corrected chi connectivity index (χ2v) is 5.60. The Balaban J connectivity index is 1.87. The van der Waals surface area contributed by atoms with Gasteiger partial charge in [0.05, 0.1) is 0 Å². The van der Waals surface area contributed by atoms with Gasteiger partial charge >= 0.3 is 6.03 Å². The van der Waals surface area contributed by atoms with Crippen molar-refractivity contribution in [2.24, 2.45) is 0 Å².